The summed E-state index contributed by atoms with van der Waals surface area (Å²) in [6, 6.07) is 10.2. The number of rotatable bonds is 2. The van der Waals surface area contributed by atoms with E-state index >= 15 is 0 Å². The van der Waals surface area contributed by atoms with Crippen molar-refractivity contribution in [3.8, 4) is 0 Å². The molecule has 2 nitrogen and oxygen atoms in total. The van der Waals surface area contributed by atoms with Gasteiger partial charge in [0, 0.05) is 0 Å². The molecule has 0 unspecified atom stereocenters. The Kier molecular flexibility index (Phi) is 2.90. The molecular weight excluding hydrogens is 232 g/mol. The molecule has 1 N–H and O–H groups in total. The minimum Gasteiger partial charge on any atom is -0.278 e. The van der Waals surface area contributed by atoms with E-state index in [1.54, 1.807) is 0 Å². The van der Waals surface area contributed by atoms with Crippen LogP contribution in [0.5, 0.6) is 0 Å². The van der Waals surface area contributed by atoms with Gasteiger partial charge in [-0.15, -0.1) is 0 Å². The van der Waals surface area contributed by atoms with Crippen molar-refractivity contribution in [3.05, 3.63) is 43.8 Å². The van der Waals surface area contributed by atoms with Gasteiger partial charge >= 0.3 is 0 Å². The third-order valence-corrected chi connectivity index (χ3v) is 3.29. The quantitative estimate of drug-likeness (QED) is 0.812. The Morgan fingerprint density at radius 3 is 2.50 bits per heavy atom. The van der Waals surface area contributed by atoms with Crippen LogP contribution in [0.1, 0.15) is 5.56 Å². The van der Waals surface area contributed by atoms with Crippen molar-refractivity contribution >= 4 is 35.8 Å². The number of H-pyrrole nitrogens is 1. The Morgan fingerprint density at radius 2 is 1.93 bits per heavy atom. The maximum absolute atomic E-state index is 5.16. The van der Waals surface area contributed by atoms with E-state index in [0.29, 0.717) is 0 Å². The third kappa shape index (κ3) is 2.17. The summed E-state index contributed by atoms with van der Waals surface area (Å²) in [7, 11) is 0. The zero-order valence-electron chi connectivity index (χ0n) is 7.27. The van der Waals surface area contributed by atoms with Gasteiger partial charge in [-0.25, -0.2) is 0 Å². The Hall–Kier alpha value is -0.780. The van der Waals surface area contributed by atoms with Crippen LogP contribution in [-0.2, 0) is 6.54 Å². The molecule has 72 valence electrons. The van der Waals surface area contributed by atoms with Crippen LogP contribution in [0.15, 0.2) is 30.3 Å². The van der Waals surface area contributed by atoms with Crippen LogP contribution < -0.4 is 0 Å². The highest BCUT2D eigenvalue weighted by molar-refractivity contribution is 7.75. The van der Waals surface area contributed by atoms with E-state index in [1.165, 1.54) is 16.9 Å². The van der Waals surface area contributed by atoms with E-state index in [-0.39, 0.29) is 0 Å². The largest absolute Gasteiger partial charge is 0.278 e. The Morgan fingerprint density at radius 1 is 1.21 bits per heavy atom. The molecule has 2 rings (SSSR count). The highest BCUT2D eigenvalue weighted by Gasteiger charge is 1.96. The summed E-state index contributed by atoms with van der Waals surface area (Å²) in [5.74, 6) is 0. The van der Waals surface area contributed by atoms with Crippen LogP contribution in [0.3, 0.4) is 0 Å². The first-order valence-electron chi connectivity index (χ1n) is 4.09. The predicted molar refractivity (Wildman–Crippen MR) is 63.9 cm³/mol. The normalized spacial score (nSPS) is 10.3. The Balaban J connectivity index is 2.32. The standard InChI is InChI=1S/C9H8N2S3/c12-8-10-11(9(13)14-8)6-7-4-2-1-3-5-7/h1-5H,6H2,(H,10,12). The number of nitrogens with zero attached hydrogens (tertiary/aromatic N) is 1. The van der Waals surface area contributed by atoms with E-state index in [4.69, 9.17) is 24.4 Å². The van der Waals surface area contributed by atoms with Gasteiger partial charge in [0.1, 0.15) is 0 Å². The monoisotopic (exact) mass is 240 g/mol. The molecule has 0 aliphatic carbocycles. The van der Waals surface area contributed by atoms with Crippen LogP contribution in [0.2, 0.25) is 0 Å². The smallest absolute Gasteiger partial charge is 0.178 e. The fraction of sp³-hybridized carbons (Fsp3) is 0.111. The highest BCUT2D eigenvalue weighted by Crippen LogP contribution is 2.06. The summed E-state index contributed by atoms with van der Waals surface area (Å²) >= 11 is 11.6. The zero-order valence-corrected chi connectivity index (χ0v) is 9.72. The zero-order chi connectivity index (χ0) is 9.97. The van der Waals surface area contributed by atoms with Crippen molar-refractivity contribution in [2.75, 3.05) is 0 Å². The van der Waals surface area contributed by atoms with Crippen molar-refractivity contribution in [1.29, 1.82) is 0 Å². The number of nitrogens with one attached hydrogen (secondary N) is 1. The van der Waals surface area contributed by atoms with Gasteiger partial charge in [-0.1, -0.05) is 41.7 Å². The second kappa shape index (κ2) is 4.16. The number of aromatic amines is 1. The van der Waals surface area contributed by atoms with Crippen molar-refractivity contribution in [1.82, 2.24) is 9.78 Å². The molecule has 0 saturated carbocycles. The topological polar surface area (TPSA) is 20.7 Å². The molecule has 1 aromatic carbocycles. The molecule has 5 heteroatoms. The fourth-order valence-corrected chi connectivity index (χ4v) is 2.58. The molecule has 1 aromatic heterocycles. The molecule has 0 fully saturated rings. The molecule has 0 amide bonds. The third-order valence-electron chi connectivity index (χ3n) is 1.81. The van der Waals surface area contributed by atoms with Gasteiger partial charge in [0.25, 0.3) is 0 Å². The molecule has 14 heavy (non-hydrogen) atoms. The molecule has 0 radical (unpaired) electrons. The number of aromatic nitrogens is 2. The average molecular weight is 240 g/mol. The first-order valence-corrected chi connectivity index (χ1v) is 5.73. The van der Waals surface area contributed by atoms with Crippen LogP contribution in [-0.4, -0.2) is 9.78 Å². The summed E-state index contributed by atoms with van der Waals surface area (Å²) in [6.07, 6.45) is 0. The molecule has 0 spiro atoms. The van der Waals surface area contributed by atoms with E-state index in [0.717, 1.165) is 14.5 Å². The highest BCUT2D eigenvalue weighted by atomic mass is 32.2. The summed E-state index contributed by atoms with van der Waals surface area (Å²) in [5, 5.41) is 3.04. The van der Waals surface area contributed by atoms with Crippen molar-refractivity contribution in [3.63, 3.8) is 0 Å². The fourth-order valence-electron chi connectivity index (χ4n) is 1.18. The molecule has 0 bridgehead atoms. The van der Waals surface area contributed by atoms with Gasteiger partial charge in [-0.05, 0) is 30.0 Å². The van der Waals surface area contributed by atoms with Crippen LogP contribution in [0.4, 0.5) is 0 Å². The van der Waals surface area contributed by atoms with E-state index in [1.807, 2.05) is 22.9 Å². The second-order valence-corrected chi connectivity index (χ2v) is 5.15. The van der Waals surface area contributed by atoms with Gasteiger partial charge in [0.05, 0.1) is 6.54 Å². The number of benzene rings is 1. The summed E-state index contributed by atoms with van der Waals surface area (Å²) in [5.41, 5.74) is 1.22. The van der Waals surface area contributed by atoms with Gasteiger partial charge in [-0.3, -0.25) is 9.78 Å². The van der Waals surface area contributed by atoms with Crippen molar-refractivity contribution < 1.29 is 0 Å². The second-order valence-electron chi connectivity index (χ2n) is 2.84. The van der Waals surface area contributed by atoms with Gasteiger partial charge in [-0.2, -0.15) is 0 Å². The summed E-state index contributed by atoms with van der Waals surface area (Å²) in [4.78, 5) is 0. The van der Waals surface area contributed by atoms with Crippen LogP contribution >= 0.6 is 35.8 Å². The van der Waals surface area contributed by atoms with E-state index < -0.39 is 0 Å². The van der Waals surface area contributed by atoms with E-state index in [9.17, 15) is 0 Å². The molecule has 0 aliphatic rings. The lowest BCUT2D eigenvalue weighted by molar-refractivity contribution is 0.676. The van der Waals surface area contributed by atoms with Crippen molar-refractivity contribution in [2.45, 2.75) is 6.54 Å². The maximum atomic E-state index is 5.16. The van der Waals surface area contributed by atoms with Crippen LogP contribution in [0.25, 0.3) is 0 Å². The Bertz CT molecular complexity index is 521. The lowest BCUT2D eigenvalue weighted by Crippen LogP contribution is -2.00. The van der Waals surface area contributed by atoms with E-state index in [2.05, 4.69) is 17.2 Å². The van der Waals surface area contributed by atoms with Gasteiger partial charge in [0.15, 0.2) is 7.91 Å². The summed E-state index contributed by atoms with van der Waals surface area (Å²) in [6.45, 7) is 0.757. The predicted octanol–water partition coefficient (Wildman–Crippen LogP) is 3.38. The SMILES string of the molecule is S=c1[nH]n(Cc2ccccc2)c(=S)s1. The lowest BCUT2D eigenvalue weighted by atomic mass is 10.2. The minimum absolute atomic E-state index is 0.728. The first-order chi connectivity index (χ1) is 6.75. The Labute approximate surface area is 95.8 Å². The average Bonchev–Trinajstić information content (AvgIpc) is 2.47. The maximum Gasteiger partial charge on any atom is 0.178 e. The molecule has 2 aromatic rings. The number of hydrogen-bond acceptors (Lipinski definition) is 3. The number of hydrogen-bond donors (Lipinski definition) is 1. The van der Waals surface area contributed by atoms with Crippen LogP contribution in [0, 0.1) is 7.91 Å². The molecular formula is C9H8N2S3. The molecule has 1 heterocycles. The minimum atomic E-state index is 0.728. The van der Waals surface area contributed by atoms with Gasteiger partial charge < -0.3 is 0 Å². The molecule has 0 aliphatic heterocycles. The lowest BCUT2D eigenvalue weighted by Gasteiger charge is -2.01. The van der Waals surface area contributed by atoms with Gasteiger partial charge in [0.2, 0.25) is 0 Å². The molecule has 0 atom stereocenters. The summed E-state index contributed by atoms with van der Waals surface area (Å²) < 4.78 is 3.40. The first kappa shape index (κ1) is 9.76. The van der Waals surface area contributed by atoms with Crippen molar-refractivity contribution in [2.24, 2.45) is 0 Å². The molecule has 0 saturated heterocycles.